The molecule has 0 aliphatic carbocycles. The second-order valence-electron chi connectivity index (χ2n) is 3.02. The number of nitrogens with zero attached hydrogens (tertiary/aromatic N) is 1. The van der Waals surface area contributed by atoms with Crippen LogP contribution in [0.3, 0.4) is 0 Å². The number of amides is 2. The normalized spacial score (nSPS) is 15.7. The minimum atomic E-state index is -0.319. The minimum absolute atomic E-state index is 0.0245. The second kappa shape index (κ2) is 4.22. The van der Waals surface area contributed by atoms with Gasteiger partial charge in [0.25, 0.3) is 0 Å². The average molecular weight is 225 g/mol. The lowest BCUT2D eigenvalue weighted by Crippen LogP contribution is -2.43. The van der Waals surface area contributed by atoms with Crippen molar-refractivity contribution >= 4 is 17.4 Å². The number of carbonyl (C=O) groups is 1. The Morgan fingerprint density at radius 3 is 3.20 bits per heavy atom. The summed E-state index contributed by atoms with van der Waals surface area (Å²) in [4.78, 5) is 17.5. The molecule has 15 heavy (non-hydrogen) atoms. The van der Waals surface area contributed by atoms with Gasteiger partial charge in [-0.25, -0.2) is 4.79 Å². The largest absolute Gasteiger partial charge is 0.371 e. The highest BCUT2D eigenvalue weighted by molar-refractivity contribution is 7.10. The summed E-state index contributed by atoms with van der Waals surface area (Å²) >= 11 is 1.61. The lowest BCUT2D eigenvalue weighted by molar-refractivity contribution is -0.0653. The summed E-state index contributed by atoms with van der Waals surface area (Å²) in [5.41, 5.74) is 2.63. The van der Waals surface area contributed by atoms with Gasteiger partial charge in [-0.2, -0.15) is 0 Å². The summed E-state index contributed by atoms with van der Waals surface area (Å²) in [5, 5.41) is 5.80. The van der Waals surface area contributed by atoms with E-state index < -0.39 is 0 Å². The van der Waals surface area contributed by atoms with Crippen molar-refractivity contribution in [3.05, 3.63) is 34.9 Å². The Balaban J connectivity index is 1.89. The van der Waals surface area contributed by atoms with E-state index in [1.807, 2.05) is 24.4 Å². The molecule has 0 saturated heterocycles. The fourth-order valence-electron chi connectivity index (χ4n) is 1.18. The van der Waals surface area contributed by atoms with Gasteiger partial charge < -0.3 is 10.2 Å². The van der Waals surface area contributed by atoms with E-state index in [9.17, 15) is 4.79 Å². The zero-order valence-corrected chi connectivity index (χ0v) is 8.95. The van der Waals surface area contributed by atoms with Gasteiger partial charge in [0, 0.05) is 4.88 Å². The van der Waals surface area contributed by atoms with Gasteiger partial charge in [-0.1, -0.05) is 11.2 Å². The molecular formula is C9H11N3O2S. The molecule has 2 N–H and O–H groups in total. The fraction of sp³-hybridized carbons (Fsp3) is 0.222. The predicted molar refractivity (Wildman–Crippen MR) is 56.5 cm³/mol. The van der Waals surface area contributed by atoms with E-state index in [2.05, 4.69) is 10.7 Å². The van der Waals surface area contributed by atoms with E-state index in [1.54, 1.807) is 11.3 Å². The van der Waals surface area contributed by atoms with E-state index >= 15 is 0 Å². The van der Waals surface area contributed by atoms with Crippen molar-refractivity contribution in [2.45, 2.75) is 13.0 Å². The molecule has 80 valence electrons. The summed E-state index contributed by atoms with van der Waals surface area (Å²) in [6.45, 7) is 1.92. The third-order valence-corrected chi connectivity index (χ3v) is 2.98. The number of thiophene rings is 1. The Morgan fingerprint density at radius 2 is 2.60 bits per heavy atom. The van der Waals surface area contributed by atoms with E-state index in [0.29, 0.717) is 0 Å². The standard InChI is InChI=1S/C9H11N3O2S/c1-7(8-3-2-6-15-8)11-9(13)12-10-4-5-14-12/h2-7,10H,1H3,(H,11,13). The fourth-order valence-corrected chi connectivity index (χ4v) is 1.91. The number of hydrogen-bond donors (Lipinski definition) is 2. The van der Waals surface area contributed by atoms with Crippen LogP contribution in [0.25, 0.3) is 0 Å². The number of hydroxylamine groups is 1. The van der Waals surface area contributed by atoms with Crippen molar-refractivity contribution in [2.75, 3.05) is 0 Å². The Bertz CT molecular complexity index is 355. The minimum Gasteiger partial charge on any atom is -0.361 e. The van der Waals surface area contributed by atoms with Gasteiger partial charge in [0.2, 0.25) is 0 Å². The van der Waals surface area contributed by atoms with E-state index in [4.69, 9.17) is 4.84 Å². The van der Waals surface area contributed by atoms with E-state index in [1.165, 1.54) is 12.5 Å². The summed E-state index contributed by atoms with van der Waals surface area (Å²) < 4.78 is 0. The van der Waals surface area contributed by atoms with Gasteiger partial charge in [-0.15, -0.1) is 11.3 Å². The molecule has 5 nitrogen and oxygen atoms in total. The van der Waals surface area contributed by atoms with Crippen molar-refractivity contribution in [3.8, 4) is 0 Å². The van der Waals surface area contributed by atoms with Crippen LogP contribution in [0.5, 0.6) is 0 Å². The van der Waals surface area contributed by atoms with Crippen molar-refractivity contribution < 1.29 is 9.63 Å². The van der Waals surface area contributed by atoms with Gasteiger partial charge in [0.15, 0.2) is 0 Å². The van der Waals surface area contributed by atoms with Crippen LogP contribution in [-0.4, -0.2) is 11.2 Å². The Hall–Kier alpha value is -1.69. The molecule has 0 spiro atoms. The van der Waals surface area contributed by atoms with Gasteiger partial charge in [-0.05, 0) is 18.4 Å². The average Bonchev–Trinajstić information content (AvgIpc) is 2.91. The molecule has 0 saturated carbocycles. The van der Waals surface area contributed by atoms with Crippen LogP contribution in [0.4, 0.5) is 4.79 Å². The zero-order chi connectivity index (χ0) is 10.7. The molecular weight excluding hydrogens is 214 g/mol. The molecule has 2 heterocycles. The maximum Gasteiger partial charge on any atom is 0.371 e. The summed E-state index contributed by atoms with van der Waals surface area (Å²) in [5.74, 6) is 0. The highest BCUT2D eigenvalue weighted by Crippen LogP contribution is 2.18. The Morgan fingerprint density at radius 1 is 1.73 bits per heavy atom. The monoisotopic (exact) mass is 225 g/mol. The Kier molecular flexibility index (Phi) is 2.77. The number of carbonyl (C=O) groups excluding carboxylic acids is 1. The zero-order valence-electron chi connectivity index (χ0n) is 8.14. The number of urea groups is 1. The summed E-state index contributed by atoms with van der Waals surface area (Å²) in [6.07, 6.45) is 2.94. The first-order chi connectivity index (χ1) is 7.27. The third-order valence-electron chi connectivity index (χ3n) is 1.92. The number of rotatable bonds is 2. The van der Waals surface area contributed by atoms with Gasteiger partial charge in [0.05, 0.1) is 12.2 Å². The van der Waals surface area contributed by atoms with Crippen molar-refractivity contribution in [1.29, 1.82) is 0 Å². The molecule has 0 aromatic carbocycles. The molecule has 2 amide bonds. The SMILES string of the molecule is CC(NC(=O)N1NC=CO1)c1cccs1. The third kappa shape index (κ3) is 2.21. The van der Waals surface area contributed by atoms with Crippen LogP contribution in [0, 0.1) is 0 Å². The molecule has 1 aliphatic rings. The highest BCUT2D eigenvalue weighted by atomic mass is 32.1. The van der Waals surface area contributed by atoms with E-state index in [0.717, 1.165) is 10.0 Å². The molecule has 0 bridgehead atoms. The van der Waals surface area contributed by atoms with Crippen LogP contribution in [-0.2, 0) is 4.84 Å². The van der Waals surface area contributed by atoms with Gasteiger partial charge in [0.1, 0.15) is 6.26 Å². The molecule has 0 radical (unpaired) electrons. The molecule has 0 fully saturated rings. The lowest BCUT2D eigenvalue weighted by atomic mass is 10.3. The van der Waals surface area contributed by atoms with Crippen LogP contribution >= 0.6 is 11.3 Å². The molecule has 1 unspecified atom stereocenters. The number of hydrogen-bond acceptors (Lipinski definition) is 4. The number of hydrazine groups is 1. The predicted octanol–water partition coefficient (Wildman–Crippen LogP) is 1.74. The molecule has 1 aromatic rings. The first kappa shape index (κ1) is 9.85. The second-order valence-corrected chi connectivity index (χ2v) is 4.00. The van der Waals surface area contributed by atoms with Gasteiger partial charge >= 0.3 is 6.03 Å². The van der Waals surface area contributed by atoms with Crippen LogP contribution < -0.4 is 10.7 Å². The maximum atomic E-state index is 11.5. The van der Waals surface area contributed by atoms with Crippen LogP contribution in [0.15, 0.2) is 30.0 Å². The van der Waals surface area contributed by atoms with Crippen molar-refractivity contribution in [3.63, 3.8) is 0 Å². The smallest absolute Gasteiger partial charge is 0.361 e. The maximum absolute atomic E-state index is 11.5. The first-order valence-corrected chi connectivity index (χ1v) is 5.37. The highest BCUT2D eigenvalue weighted by Gasteiger charge is 2.18. The summed E-state index contributed by atoms with van der Waals surface area (Å²) in [6, 6.07) is 3.59. The lowest BCUT2D eigenvalue weighted by Gasteiger charge is -2.18. The van der Waals surface area contributed by atoms with E-state index in [-0.39, 0.29) is 12.1 Å². The molecule has 1 atom stereocenters. The molecule has 2 rings (SSSR count). The molecule has 1 aromatic heterocycles. The van der Waals surface area contributed by atoms with Gasteiger partial charge in [-0.3, -0.25) is 5.43 Å². The summed E-state index contributed by atoms with van der Waals surface area (Å²) in [7, 11) is 0. The van der Waals surface area contributed by atoms with Crippen molar-refractivity contribution in [2.24, 2.45) is 0 Å². The Labute approximate surface area is 91.3 Å². The number of nitrogens with one attached hydrogen (secondary N) is 2. The van der Waals surface area contributed by atoms with Crippen molar-refractivity contribution in [1.82, 2.24) is 15.9 Å². The van der Waals surface area contributed by atoms with Crippen LogP contribution in [0.1, 0.15) is 17.8 Å². The first-order valence-electron chi connectivity index (χ1n) is 4.49. The van der Waals surface area contributed by atoms with Crippen LogP contribution in [0.2, 0.25) is 0 Å². The topological polar surface area (TPSA) is 53.6 Å². The molecule has 6 heteroatoms. The quantitative estimate of drug-likeness (QED) is 0.806. The molecule has 1 aliphatic heterocycles.